The smallest absolute Gasteiger partial charge is 0.238 e. The second-order valence-electron chi connectivity index (χ2n) is 4.82. The van der Waals surface area contributed by atoms with Gasteiger partial charge in [0, 0.05) is 11.4 Å². The molecule has 2 amide bonds. The Kier molecular flexibility index (Phi) is 5.42. The van der Waals surface area contributed by atoms with Crippen LogP contribution < -0.4 is 10.6 Å². The van der Waals surface area contributed by atoms with Gasteiger partial charge in [0.2, 0.25) is 11.8 Å². The van der Waals surface area contributed by atoms with Crippen LogP contribution in [0.1, 0.15) is 12.0 Å². The van der Waals surface area contributed by atoms with Crippen LogP contribution in [-0.4, -0.2) is 11.8 Å². The second kappa shape index (κ2) is 7.71. The monoisotopic (exact) mass is 311 g/mol. The fraction of sp³-hybridized carbons (Fsp3) is 0.118. The van der Waals surface area contributed by atoms with Gasteiger partial charge in [0.05, 0.1) is 12.5 Å². The number of halogens is 1. The van der Waals surface area contributed by atoms with Crippen molar-refractivity contribution in [2.24, 2.45) is 0 Å². The molecular formula is C17H14FN3O2. The summed E-state index contributed by atoms with van der Waals surface area (Å²) in [5.74, 6) is -1.11. The van der Waals surface area contributed by atoms with E-state index in [2.05, 4.69) is 10.6 Å². The molecule has 2 aromatic rings. The van der Waals surface area contributed by atoms with Gasteiger partial charge in [-0.15, -0.1) is 0 Å². The van der Waals surface area contributed by atoms with E-state index in [1.165, 1.54) is 12.1 Å². The Bertz CT molecular complexity index is 768. The highest BCUT2D eigenvalue weighted by atomic mass is 19.1. The van der Waals surface area contributed by atoms with E-state index in [1.807, 2.05) is 0 Å². The number of nitriles is 1. The van der Waals surface area contributed by atoms with Gasteiger partial charge in [0.15, 0.2) is 0 Å². The van der Waals surface area contributed by atoms with E-state index in [1.54, 1.807) is 42.5 Å². The Labute approximate surface area is 132 Å². The Balaban J connectivity index is 1.98. The van der Waals surface area contributed by atoms with E-state index < -0.39 is 11.7 Å². The molecule has 2 N–H and O–H groups in total. The maximum absolute atomic E-state index is 13.1. The zero-order chi connectivity index (χ0) is 16.7. The van der Waals surface area contributed by atoms with Crippen LogP contribution in [-0.2, 0) is 16.0 Å². The predicted molar refractivity (Wildman–Crippen MR) is 84.0 cm³/mol. The van der Waals surface area contributed by atoms with E-state index >= 15 is 0 Å². The first kappa shape index (κ1) is 16.2. The topological polar surface area (TPSA) is 82.0 Å². The van der Waals surface area contributed by atoms with E-state index in [4.69, 9.17) is 5.26 Å². The first-order valence-electron chi connectivity index (χ1n) is 6.88. The lowest BCUT2D eigenvalue weighted by molar-refractivity contribution is -0.116. The van der Waals surface area contributed by atoms with Crippen molar-refractivity contribution < 1.29 is 14.0 Å². The average molecular weight is 311 g/mol. The van der Waals surface area contributed by atoms with Crippen molar-refractivity contribution in [2.75, 3.05) is 10.6 Å². The van der Waals surface area contributed by atoms with Crippen molar-refractivity contribution in [2.45, 2.75) is 12.8 Å². The summed E-state index contributed by atoms with van der Waals surface area (Å²) in [4.78, 5) is 23.3. The number of amides is 2. The number of carbonyl (C=O) groups excluding carboxylic acids is 2. The molecule has 0 bridgehead atoms. The van der Waals surface area contributed by atoms with Crippen molar-refractivity contribution in [3.8, 4) is 6.07 Å². The standard InChI is InChI=1S/C17H14FN3O2/c18-13-4-1-3-12(9-13)10-17(23)21-15-6-2-5-14(11-15)20-16(22)7-8-19/h1-6,9,11H,7,10H2,(H,20,22)(H,21,23). The molecule has 0 saturated carbocycles. The largest absolute Gasteiger partial charge is 0.326 e. The summed E-state index contributed by atoms with van der Waals surface area (Å²) < 4.78 is 13.1. The molecule has 0 heterocycles. The lowest BCUT2D eigenvalue weighted by Gasteiger charge is -2.08. The molecule has 0 atom stereocenters. The normalized spacial score (nSPS) is 9.74. The van der Waals surface area contributed by atoms with Crippen LogP contribution in [0.5, 0.6) is 0 Å². The molecule has 0 aliphatic rings. The third kappa shape index (κ3) is 5.25. The highest BCUT2D eigenvalue weighted by Crippen LogP contribution is 2.16. The number of benzene rings is 2. The summed E-state index contributed by atoms with van der Waals surface area (Å²) in [6.07, 6.45) is -0.195. The van der Waals surface area contributed by atoms with E-state index in [0.29, 0.717) is 16.9 Å². The number of hydrogen-bond acceptors (Lipinski definition) is 3. The Morgan fingerprint density at radius 3 is 2.30 bits per heavy atom. The minimum Gasteiger partial charge on any atom is -0.326 e. The molecule has 0 radical (unpaired) electrons. The van der Waals surface area contributed by atoms with E-state index in [9.17, 15) is 14.0 Å². The summed E-state index contributed by atoms with van der Waals surface area (Å²) in [7, 11) is 0. The van der Waals surface area contributed by atoms with Gasteiger partial charge in [-0.25, -0.2) is 4.39 Å². The molecule has 0 aliphatic carbocycles. The number of rotatable bonds is 5. The second-order valence-corrected chi connectivity index (χ2v) is 4.82. The van der Waals surface area contributed by atoms with Gasteiger partial charge >= 0.3 is 0 Å². The van der Waals surface area contributed by atoms with E-state index in [0.717, 1.165) is 0 Å². The molecule has 23 heavy (non-hydrogen) atoms. The van der Waals surface area contributed by atoms with Gasteiger partial charge < -0.3 is 10.6 Å². The number of anilines is 2. The van der Waals surface area contributed by atoms with Crippen molar-refractivity contribution in [1.29, 1.82) is 5.26 Å². The number of hydrogen-bond donors (Lipinski definition) is 2. The van der Waals surface area contributed by atoms with Crippen molar-refractivity contribution in [3.63, 3.8) is 0 Å². The van der Waals surface area contributed by atoms with Gasteiger partial charge in [-0.3, -0.25) is 9.59 Å². The van der Waals surface area contributed by atoms with Gasteiger partial charge in [0.25, 0.3) is 0 Å². The molecule has 0 unspecified atom stereocenters. The van der Waals surface area contributed by atoms with Crippen LogP contribution in [0.25, 0.3) is 0 Å². The van der Waals surface area contributed by atoms with Gasteiger partial charge in [-0.2, -0.15) is 5.26 Å². The minimum atomic E-state index is -0.421. The van der Waals surface area contributed by atoms with Crippen LogP contribution in [0.2, 0.25) is 0 Å². The fourth-order valence-electron chi connectivity index (χ4n) is 1.99. The molecule has 0 spiro atoms. The predicted octanol–water partition coefficient (Wildman–Crippen LogP) is 2.86. The molecule has 0 aromatic heterocycles. The van der Waals surface area contributed by atoms with Crippen molar-refractivity contribution >= 4 is 23.2 Å². The fourth-order valence-corrected chi connectivity index (χ4v) is 1.99. The lowest BCUT2D eigenvalue weighted by atomic mass is 10.1. The molecule has 0 aliphatic heterocycles. The minimum absolute atomic E-state index is 0.0444. The number of carbonyl (C=O) groups is 2. The third-order valence-corrected chi connectivity index (χ3v) is 2.92. The lowest BCUT2D eigenvalue weighted by Crippen LogP contribution is -2.15. The molecule has 2 aromatic carbocycles. The van der Waals surface area contributed by atoms with Crippen LogP contribution in [0, 0.1) is 17.1 Å². The molecule has 116 valence electrons. The van der Waals surface area contributed by atoms with Gasteiger partial charge in [-0.05, 0) is 35.9 Å². The van der Waals surface area contributed by atoms with Crippen LogP contribution in [0.4, 0.5) is 15.8 Å². The summed E-state index contributed by atoms with van der Waals surface area (Å²) >= 11 is 0. The summed E-state index contributed by atoms with van der Waals surface area (Å²) in [6, 6.07) is 14.2. The van der Waals surface area contributed by atoms with E-state index in [-0.39, 0.29) is 18.7 Å². The summed E-state index contributed by atoms with van der Waals surface area (Å²) in [6.45, 7) is 0. The summed E-state index contributed by atoms with van der Waals surface area (Å²) in [5, 5.41) is 13.7. The highest BCUT2D eigenvalue weighted by Gasteiger charge is 2.06. The van der Waals surface area contributed by atoms with Crippen molar-refractivity contribution in [3.05, 3.63) is 59.9 Å². The first-order valence-corrected chi connectivity index (χ1v) is 6.88. The maximum atomic E-state index is 13.1. The molecule has 0 fully saturated rings. The third-order valence-electron chi connectivity index (χ3n) is 2.92. The highest BCUT2D eigenvalue weighted by molar-refractivity contribution is 5.95. The zero-order valence-corrected chi connectivity index (χ0v) is 12.2. The average Bonchev–Trinajstić information content (AvgIpc) is 2.47. The van der Waals surface area contributed by atoms with Crippen LogP contribution in [0.15, 0.2) is 48.5 Å². The maximum Gasteiger partial charge on any atom is 0.238 e. The Morgan fingerprint density at radius 2 is 1.65 bits per heavy atom. The molecule has 6 heteroatoms. The zero-order valence-electron chi connectivity index (χ0n) is 12.2. The number of nitrogens with zero attached hydrogens (tertiary/aromatic N) is 1. The van der Waals surface area contributed by atoms with Crippen LogP contribution >= 0.6 is 0 Å². The Morgan fingerprint density at radius 1 is 1.00 bits per heavy atom. The Hall–Kier alpha value is -3.20. The summed E-state index contributed by atoms with van der Waals surface area (Å²) in [5.41, 5.74) is 1.55. The molecular weight excluding hydrogens is 297 g/mol. The quantitative estimate of drug-likeness (QED) is 0.890. The van der Waals surface area contributed by atoms with Crippen LogP contribution in [0.3, 0.4) is 0 Å². The first-order chi connectivity index (χ1) is 11.1. The molecule has 0 saturated heterocycles. The van der Waals surface area contributed by atoms with Crippen molar-refractivity contribution in [1.82, 2.24) is 0 Å². The van der Waals surface area contributed by atoms with Gasteiger partial charge in [-0.1, -0.05) is 18.2 Å². The number of nitrogens with one attached hydrogen (secondary N) is 2. The molecule has 5 nitrogen and oxygen atoms in total. The molecule has 2 rings (SSSR count). The van der Waals surface area contributed by atoms with Gasteiger partial charge in [0.1, 0.15) is 12.2 Å². The SMILES string of the molecule is N#CCC(=O)Nc1cccc(NC(=O)Cc2cccc(F)c2)c1.